The lowest BCUT2D eigenvalue weighted by atomic mass is 9.97. The highest BCUT2D eigenvalue weighted by molar-refractivity contribution is 6.40. The number of rotatable bonds is 0. The van der Waals surface area contributed by atoms with Crippen LogP contribution in [0.2, 0.25) is 0 Å². The summed E-state index contributed by atoms with van der Waals surface area (Å²) < 4.78 is 0. The summed E-state index contributed by atoms with van der Waals surface area (Å²) in [5, 5.41) is 4.56. The quantitative estimate of drug-likeness (QED) is 0.615. The number of halogens is 2. The summed E-state index contributed by atoms with van der Waals surface area (Å²) in [5.74, 6) is 0.245. The van der Waals surface area contributed by atoms with Crippen LogP contribution in [0.3, 0.4) is 0 Å². The van der Waals surface area contributed by atoms with Gasteiger partial charge in [0.2, 0.25) is 0 Å². The fourth-order valence-electron chi connectivity index (χ4n) is 1.34. The topological polar surface area (TPSA) is 12.0 Å². The molecule has 0 saturated carbocycles. The van der Waals surface area contributed by atoms with Gasteiger partial charge >= 0.3 is 0 Å². The van der Waals surface area contributed by atoms with E-state index in [2.05, 4.69) is 5.32 Å². The summed E-state index contributed by atoms with van der Waals surface area (Å²) in [6.45, 7) is 0. The van der Waals surface area contributed by atoms with Crippen LogP contribution in [0.25, 0.3) is 0 Å². The Hall–Kier alpha value is -0.400. The molecule has 3 heteroatoms. The first-order valence-corrected chi connectivity index (χ1v) is 4.21. The molecule has 1 heterocycles. The zero-order valence-corrected chi connectivity index (χ0v) is 7.23. The smallest absolute Gasteiger partial charge is 0.0555 e. The van der Waals surface area contributed by atoms with E-state index in [1.807, 2.05) is 24.4 Å². The zero-order valence-electron chi connectivity index (χ0n) is 5.72. The molecule has 0 spiro atoms. The Kier molecular flexibility index (Phi) is 1.70. The molecule has 2 rings (SSSR count). The molecule has 0 aromatic heterocycles. The fraction of sp³-hybridized carbons (Fsp3) is 0.250. The Labute approximate surface area is 75.4 Å². The second-order valence-corrected chi connectivity index (χ2v) is 3.45. The molecule has 1 N–H and O–H groups in total. The predicted octanol–water partition coefficient (Wildman–Crippen LogP) is 2.35. The second-order valence-electron chi connectivity index (χ2n) is 2.63. The minimum atomic E-state index is 0.245. The van der Waals surface area contributed by atoms with Crippen LogP contribution in [-0.4, -0.2) is 6.04 Å². The van der Waals surface area contributed by atoms with E-state index in [-0.39, 0.29) is 5.92 Å². The van der Waals surface area contributed by atoms with Gasteiger partial charge in [0.15, 0.2) is 0 Å². The number of allylic oxidation sites excluding steroid dienone is 2. The molecule has 2 aliphatic rings. The first kappa shape index (κ1) is 7.26. The Morgan fingerprint density at radius 2 is 2.09 bits per heavy atom. The van der Waals surface area contributed by atoms with Gasteiger partial charge in [0.1, 0.15) is 0 Å². The van der Waals surface area contributed by atoms with Gasteiger partial charge < -0.3 is 5.32 Å². The molecule has 0 radical (unpaired) electrons. The van der Waals surface area contributed by atoms with Gasteiger partial charge in [-0.3, -0.25) is 0 Å². The van der Waals surface area contributed by atoms with Crippen molar-refractivity contribution in [3.05, 3.63) is 34.5 Å². The van der Waals surface area contributed by atoms with E-state index in [0.717, 1.165) is 5.03 Å². The fourth-order valence-corrected chi connectivity index (χ4v) is 1.81. The van der Waals surface area contributed by atoms with Crippen LogP contribution in [0.15, 0.2) is 34.5 Å². The maximum absolute atomic E-state index is 5.97. The summed E-state index contributed by atoms with van der Waals surface area (Å²) in [4.78, 5) is 0. The second kappa shape index (κ2) is 2.58. The van der Waals surface area contributed by atoms with Crippen molar-refractivity contribution < 1.29 is 0 Å². The molecule has 0 fully saturated rings. The molecule has 58 valence electrons. The lowest BCUT2D eigenvalue weighted by Gasteiger charge is -2.19. The number of nitrogens with one attached hydrogen (secondary N) is 1. The van der Waals surface area contributed by atoms with Crippen LogP contribution in [0.1, 0.15) is 0 Å². The van der Waals surface area contributed by atoms with Crippen molar-refractivity contribution in [2.75, 3.05) is 0 Å². The first-order chi connectivity index (χ1) is 5.29. The molecule has 2 unspecified atom stereocenters. The van der Waals surface area contributed by atoms with Gasteiger partial charge in [0.25, 0.3) is 0 Å². The van der Waals surface area contributed by atoms with Crippen LogP contribution in [0, 0.1) is 5.92 Å². The first-order valence-electron chi connectivity index (χ1n) is 3.45. The summed E-state index contributed by atoms with van der Waals surface area (Å²) in [5.41, 5.74) is 0. The third kappa shape index (κ3) is 1.09. The van der Waals surface area contributed by atoms with Crippen molar-refractivity contribution in [3.63, 3.8) is 0 Å². The van der Waals surface area contributed by atoms with E-state index < -0.39 is 0 Å². The average molecular weight is 188 g/mol. The van der Waals surface area contributed by atoms with E-state index >= 15 is 0 Å². The maximum atomic E-state index is 5.97. The standard InChI is InChI=1S/C8H7Cl2N/c9-6-1-2-7-5(8(6)10)3-4-11-7/h1-5,7,11H. The predicted molar refractivity (Wildman–Crippen MR) is 47.4 cm³/mol. The Morgan fingerprint density at radius 1 is 1.27 bits per heavy atom. The molecular formula is C8H7Cl2N. The normalized spacial score (nSPS) is 34.0. The minimum Gasteiger partial charge on any atom is -0.384 e. The molecule has 1 nitrogen and oxygen atoms in total. The van der Waals surface area contributed by atoms with Crippen LogP contribution in [0.4, 0.5) is 0 Å². The van der Waals surface area contributed by atoms with Crippen LogP contribution in [-0.2, 0) is 0 Å². The highest BCUT2D eigenvalue weighted by Crippen LogP contribution is 2.33. The zero-order chi connectivity index (χ0) is 7.84. The van der Waals surface area contributed by atoms with Crippen LogP contribution < -0.4 is 5.32 Å². The van der Waals surface area contributed by atoms with E-state index in [9.17, 15) is 0 Å². The van der Waals surface area contributed by atoms with Crippen molar-refractivity contribution in [3.8, 4) is 0 Å². The lowest BCUT2D eigenvalue weighted by Crippen LogP contribution is -2.26. The van der Waals surface area contributed by atoms with E-state index in [4.69, 9.17) is 23.2 Å². The molecule has 0 amide bonds. The van der Waals surface area contributed by atoms with Gasteiger partial charge in [-0.05, 0) is 12.3 Å². The van der Waals surface area contributed by atoms with E-state index in [1.165, 1.54) is 0 Å². The maximum Gasteiger partial charge on any atom is 0.0555 e. The van der Waals surface area contributed by atoms with Crippen molar-refractivity contribution >= 4 is 23.2 Å². The van der Waals surface area contributed by atoms with Gasteiger partial charge in [-0.25, -0.2) is 0 Å². The van der Waals surface area contributed by atoms with Crippen molar-refractivity contribution in [2.45, 2.75) is 6.04 Å². The Bertz CT molecular complexity index is 265. The van der Waals surface area contributed by atoms with E-state index in [0.29, 0.717) is 11.1 Å². The molecular weight excluding hydrogens is 181 g/mol. The summed E-state index contributed by atoms with van der Waals surface area (Å²) in [6, 6.07) is 0.310. The summed E-state index contributed by atoms with van der Waals surface area (Å²) >= 11 is 11.8. The molecule has 0 bridgehead atoms. The highest BCUT2D eigenvalue weighted by atomic mass is 35.5. The number of hydrogen-bond donors (Lipinski definition) is 1. The largest absolute Gasteiger partial charge is 0.384 e. The molecule has 0 saturated heterocycles. The monoisotopic (exact) mass is 187 g/mol. The van der Waals surface area contributed by atoms with Crippen molar-refractivity contribution in [2.24, 2.45) is 5.92 Å². The van der Waals surface area contributed by atoms with Gasteiger partial charge in [-0.2, -0.15) is 0 Å². The van der Waals surface area contributed by atoms with E-state index in [1.54, 1.807) is 0 Å². The average Bonchev–Trinajstić information content (AvgIpc) is 2.45. The number of hydrogen-bond acceptors (Lipinski definition) is 1. The third-order valence-electron chi connectivity index (χ3n) is 1.95. The SMILES string of the molecule is ClC1=C(Cl)C2C=CNC2C=C1. The lowest BCUT2D eigenvalue weighted by molar-refractivity contribution is 0.639. The highest BCUT2D eigenvalue weighted by Gasteiger charge is 2.27. The summed E-state index contributed by atoms with van der Waals surface area (Å²) in [6.07, 6.45) is 7.81. The van der Waals surface area contributed by atoms with Crippen molar-refractivity contribution in [1.82, 2.24) is 5.32 Å². The summed E-state index contributed by atoms with van der Waals surface area (Å²) in [7, 11) is 0. The molecule has 1 aliphatic heterocycles. The molecule has 2 atom stereocenters. The van der Waals surface area contributed by atoms with Crippen molar-refractivity contribution in [1.29, 1.82) is 0 Å². The van der Waals surface area contributed by atoms with Gasteiger partial charge in [0, 0.05) is 11.0 Å². The van der Waals surface area contributed by atoms with Gasteiger partial charge in [-0.1, -0.05) is 35.4 Å². The molecule has 11 heavy (non-hydrogen) atoms. The Balaban J connectivity index is 2.36. The molecule has 1 aliphatic carbocycles. The third-order valence-corrected chi connectivity index (χ3v) is 2.83. The van der Waals surface area contributed by atoms with Crippen LogP contribution in [0.5, 0.6) is 0 Å². The molecule has 0 aromatic carbocycles. The molecule has 0 aromatic rings. The Morgan fingerprint density at radius 3 is 2.91 bits per heavy atom. The van der Waals surface area contributed by atoms with Gasteiger partial charge in [-0.15, -0.1) is 0 Å². The minimum absolute atomic E-state index is 0.245. The number of fused-ring (bicyclic) bond motifs is 1. The van der Waals surface area contributed by atoms with Crippen LogP contribution >= 0.6 is 23.2 Å². The van der Waals surface area contributed by atoms with Gasteiger partial charge in [0.05, 0.1) is 11.1 Å².